The zero-order chi connectivity index (χ0) is 26.2. The highest BCUT2D eigenvalue weighted by atomic mass is 19.4. The van der Waals surface area contributed by atoms with Crippen molar-refractivity contribution >= 4 is 11.0 Å². The largest absolute Gasteiger partial charge is 0.419 e. The third kappa shape index (κ3) is 3.19. The lowest BCUT2D eigenvalue weighted by atomic mass is 9.95. The summed E-state index contributed by atoms with van der Waals surface area (Å²) in [6.07, 6.45) is -4.40. The van der Waals surface area contributed by atoms with Gasteiger partial charge >= 0.3 is 6.18 Å². The van der Waals surface area contributed by atoms with E-state index in [0.29, 0.717) is 5.69 Å². The van der Waals surface area contributed by atoms with Crippen LogP contribution in [-0.2, 0) is 17.9 Å². The minimum atomic E-state index is -5.27. The molecule has 0 saturated heterocycles. The van der Waals surface area contributed by atoms with Crippen molar-refractivity contribution in [3.8, 4) is 22.5 Å². The van der Waals surface area contributed by atoms with Crippen molar-refractivity contribution in [1.82, 2.24) is 29.9 Å². The number of nitrogens with zero attached hydrogens (tertiary/aromatic N) is 5. The highest BCUT2D eigenvalue weighted by Gasteiger charge is 2.55. The molecule has 1 N–H and O–H groups in total. The minimum Gasteiger partial charge on any atom is -0.358 e. The van der Waals surface area contributed by atoms with Gasteiger partial charge in [0.1, 0.15) is 11.5 Å². The molecule has 4 aromatic rings. The van der Waals surface area contributed by atoms with Crippen molar-refractivity contribution in [3.63, 3.8) is 0 Å². The SMILES string of the molecule is [2H]C([2H])([2H])C1(C(F)(F)F)Cn2nc(-c3ccc(F)cn3)c(-c3c(F)c(C)nc4[nH]nc(C)c34)c2CO1. The van der Waals surface area contributed by atoms with Crippen LogP contribution in [0.25, 0.3) is 33.5 Å². The molecule has 0 aromatic carbocycles. The second-order valence-corrected chi connectivity index (χ2v) is 7.72. The Morgan fingerprint density at radius 2 is 1.97 bits per heavy atom. The molecule has 1 aliphatic heterocycles. The van der Waals surface area contributed by atoms with Crippen molar-refractivity contribution in [1.29, 1.82) is 0 Å². The number of aromatic amines is 1. The first-order valence-electron chi connectivity index (χ1n) is 11.2. The predicted octanol–water partition coefficient (Wildman–Crippen LogP) is 4.63. The Kier molecular flexibility index (Phi) is 3.86. The summed E-state index contributed by atoms with van der Waals surface area (Å²) >= 11 is 0. The number of aromatic nitrogens is 6. The number of pyridine rings is 2. The van der Waals surface area contributed by atoms with E-state index < -0.39 is 43.4 Å². The number of ether oxygens (including phenoxy) is 1. The lowest BCUT2D eigenvalue weighted by molar-refractivity contribution is -0.287. The number of aryl methyl sites for hydroxylation is 2. The summed E-state index contributed by atoms with van der Waals surface area (Å²) in [6.45, 7) is -2.66. The average molecular weight is 467 g/mol. The lowest BCUT2D eigenvalue weighted by Crippen LogP contribution is -2.51. The van der Waals surface area contributed by atoms with Crippen molar-refractivity contribution in [2.45, 2.75) is 45.6 Å². The van der Waals surface area contributed by atoms with Crippen molar-refractivity contribution in [2.24, 2.45) is 0 Å². The van der Waals surface area contributed by atoms with Gasteiger partial charge in [-0.2, -0.15) is 23.4 Å². The fourth-order valence-corrected chi connectivity index (χ4v) is 3.89. The monoisotopic (exact) mass is 467 g/mol. The molecule has 5 heterocycles. The summed E-state index contributed by atoms with van der Waals surface area (Å²) in [4.78, 5) is 8.11. The number of hydrogen-bond donors (Lipinski definition) is 1. The normalized spacial score (nSPS) is 20.4. The first-order chi connectivity index (χ1) is 16.7. The van der Waals surface area contributed by atoms with Gasteiger partial charge in [0.25, 0.3) is 0 Å². The van der Waals surface area contributed by atoms with E-state index in [1.807, 2.05) is 0 Å². The second-order valence-electron chi connectivity index (χ2n) is 7.72. The molecule has 12 heteroatoms. The molecule has 33 heavy (non-hydrogen) atoms. The summed E-state index contributed by atoms with van der Waals surface area (Å²) in [5.41, 5.74) is -3.09. The van der Waals surface area contributed by atoms with Crippen LogP contribution >= 0.6 is 0 Å². The molecular formula is C21H17F5N6O. The van der Waals surface area contributed by atoms with E-state index in [2.05, 4.69) is 25.3 Å². The van der Waals surface area contributed by atoms with E-state index >= 15 is 4.39 Å². The molecule has 0 bridgehead atoms. The number of alkyl halides is 3. The van der Waals surface area contributed by atoms with Crippen molar-refractivity contribution in [2.75, 3.05) is 0 Å². The molecule has 1 atom stereocenters. The van der Waals surface area contributed by atoms with Gasteiger partial charge in [-0.05, 0) is 32.8 Å². The van der Waals surface area contributed by atoms with Crippen molar-refractivity contribution in [3.05, 3.63) is 47.0 Å². The number of halogens is 5. The lowest BCUT2D eigenvalue weighted by Gasteiger charge is -2.36. The van der Waals surface area contributed by atoms with Crippen LogP contribution in [0.15, 0.2) is 18.3 Å². The number of nitrogens with one attached hydrogen (secondary N) is 1. The van der Waals surface area contributed by atoms with Crippen LogP contribution in [0.1, 0.15) is 28.0 Å². The average Bonchev–Trinajstić information content (AvgIpc) is 3.34. The summed E-state index contributed by atoms with van der Waals surface area (Å²) in [6, 6.07) is 2.30. The molecule has 1 aliphatic rings. The summed E-state index contributed by atoms with van der Waals surface area (Å²) in [5.74, 6) is -1.46. The van der Waals surface area contributed by atoms with E-state index in [9.17, 15) is 17.6 Å². The molecule has 0 amide bonds. The third-order valence-corrected chi connectivity index (χ3v) is 5.56. The van der Waals surface area contributed by atoms with E-state index in [4.69, 9.17) is 8.85 Å². The molecule has 0 spiro atoms. The van der Waals surface area contributed by atoms with Crippen LogP contribution < -0.4 is 0 Å². The van der Waals surface area contributed by atoms with Gasteiger partial charge in [0.05, 0.1) is 47.5 Å². The van der Waals surface area contributed by atoms with Crippen LogP contribution in [0.2, 0.25) is 0 Å². The molecule has 7 nitrogen and oxygen atoms in total. The Labute approximate surface area is 187 Å². The van der Waals surface area contributed by atoms with Gasteiger partial charge in [0.2, 0.25) is 0 Å². The van der Waals surface area contributed by atoms with Gasteiger partial charge in [-0.15, -0.1) is 0 Å². The summed E-state index contributed by atoms with van der Waals surface area (Å²) < 4.78 is 100. The van der Waals surface area contributed by atoms with Crippen LogP contribution in [0.4, 0.5) is 22.0 Å². The fraction of sp³-hybridized carbons (Fsp3) is 0.333. The molecule has 172 valence electrons. The topological polar surface area (TPSA) is 81.5 Å². The fourth-order valence-electron chi connectivity index (χ4n) is 3.89. The second kappa shape index (κ2) is 7.04. The number of hydrogen-bond acceptors (Lipinski definition) is 5. The maximum absolute atomic E-state index is 15.7. The highest BCUT2D eigenvalue weighted by Crippen LogP contribution is 2.45. The Hall–Kier alpha value is -3.41. The summed E-state index contributed by atoms with van der Waals surface area (Å²) in [5, 5.41) is 11.2. The van der Waals surface area contributed by atoms with Gasteiger partial charge in [-0.3, -0.25) is 14.8 Å². The Morgan fingerprint density at radius 3 is 2.64 bits per heavy atom. The smallest absolute Gasteiger partial charge is 0.358 e. The first kappa shape index (κ1) is 18.1. The van der Waals surface area contributed by atoms with Crippen LogP contribution in [0.5, 0.6) is 0 Å². The third-order valence-electron chi connectivity index (χ3n) is 5.56. The van der Waals surface area contributed by atoms with Crippen LogP contribution in [-0.4, -0.2) is 41.7 Å². The van der Waals surface area contributed by atoms with Crippen LogP contribution in [0.3, 0.4) is 0 Å². The van der Waals surface area contributed by atoms with Crippen molar-refractivity contribution < 1.29 is 30.8 Å². The summed E-state index contributed by atoms with van der Waals surface area (Å²) in [7, 11) is 0. The Bertz CT molecular complexity index is 1480. The standard InChI is InChI=1S/C21H17F5N6O/c1-9-14-16(17(23)10(2)28-19(14)30-29-9)15-13-7-33-20(3,21(24,25)26)8-32(13)31-18(15)12-5-4-11(22)6-27-12/h4-6H,7-8H2,1-3H3,(H,28,29,30)/i3D3. The number of H-pyrrole nitrogens is 1. The minimum absolute atomic E-state index is 0.00773. The molecule has 0 fully saturated rings. The molecule has 5 rings (SSSR count). The predicted molar refractivity (Wildman–Crippen MR) is 107 cm³/mol. The van der Waals surface area contributed by atoms with E-state index in [-0.39, 0.29) is 44.9 Å². The van der Waals surface area contributed by atoms with Gasteiger partial charge in [-0.25, -0.2) is 13.8 Å². The zero-order valence-corrected chi connectivity index (χ0v) is 17.2. The Balaban J connectivity index is 1.85. The van der Waals surface area contributed by atoms with E-state index in [1.54, 1.807) is 6.92 Å². The Morgan fingerprint density at radius 1 is 1.18 bits per heavy atom. The van der Waals surface area contributed by atoms with Crippen LogP contribution in [0, 0.1) is 25.5 Å². The quantitative estimate of drug-likeness (QED) is 0.435. The molecule has 0 radical (unpaired) electrons. The van der Waals surface area contributed by atoms with Gasteiger partial charge < -0.3 is 4.74 Å². The molecule has 0 aliphatic carbocycles. The highest BCUT2D eigenvalue weighted by molar-refractivity contribution is 5.99. The molecule has 0 saturated carbocycles. The first-order valence-corrected chi connectivity index (χ1v) is 9.68. The van der Waals surface area contributed by atoms with E-state index in [1.165, 1.54) is 13.0 Å². The van der Waals surface area contributed by atoms with Gasteiger partial charge in [0, 0.05) is 15.2 Å². The van der Waals surface area contributed by atoms with Gasteiger partial charge in [-0.1, -0.05) is 0 Å². The number of fused-ring (bicyclic) bond motifs is 2. The maximum Gasteiger partial charge on any atom is 0.419 e. The zero-order valence-electron chi connectivity index (χ0n) is 20.2. The maximum atomic E-state index is 15.7. The molecular weight excluding hydrogens is 447 g/mol. The van der Waals surface area contributed by atoms with E-state index in [0.717, 1.165) is 16.9 Å². The van der Waals surface area contributed by atoms with Gasteiger partial charge in [0.15, 0.2) is 17.1 Å². The number of rotatable bonds is 2. The molecule has 4 aromatic heterocycles. The molecule has 1 unspecified atom stereocenters.